The van der Waals surface area contributed by atoms with Crippen LogP contribution >= 0.6 is 0 Å². The Morgan fingerprint density at radius 3 is 2.94 bits per heavy atom. The van der Waals surface area contributed by atoms with Crippen LogP contribution in [0.3, 0.4) is 0 Å². The van der Waals surface area contributed by atoms with E-state index in [1.165, 1.54) is 7.11 Å². The minimum Gasteiger partial charge on any atom is -0.453 e. The number of likely N-dealkylation sites (tertiary alicyclic amines) is 1. The molecule has 3 unspecified atom stereocenters. The molecule has 1 heterocycles. The molecule has 17 heavy (non-hydrogen) atoms. The first-order valence-electron chi connectivity index (χ1n) is 5.68. The topological polar surface area (TPSA) is 85.6 Å². The Kier molecular flexibility index (Phi) is 5.19. The highest BCUT2D eigenvalue weighted by Gasteiger charge is 2.30. The molecule has 6 nitrogen and oxygen atoms in total. The van der Waals surface area contributed by atoms with Gasteiger partial charge < -0.3 is 15.2 Å². The van der Waals surface area contributed by atoms with Gasteiger partial charge in [0, 0.05) is 19.1 Å². The highest BCUT2D eigenvalue weighted by Crippen LogP contribution is 2.20. The van der Waals surface area contributed by atoms with Crippen molar-refractivity contribution in [3.05, 3.63) is 0 Å². The molecule has 1 rings (SSSR count). The van der Waals surface area contributed by atoms with E-state index in [1.54, 1.807) is 6.92 Å². The lowest BCUT2D eigenvalue weighted by molar-refractivity contribution is 0.0523. The van der Waals surface area contributed by atoms with Crippen LogP contribution in [0.15, 0.2) is 0 Å². The summed E-state index contributed by atoms with van der Waals surface area (Å²) in [5, 5.41) is 21.0. The Morgan fingerprint density at radius 2 is 2.41 bits per heavy atom. The van der Waals surface area contributed by atoms with Gasteiger partial charge in [-0.05, 0) is 19.3 Å². The number of amides is 1. The van der Waals surface area contributed by atoms with E-state index in [1.807, 2.05) is 4.90 Å². The summed E-state index contributed by atoms with van der Waals surface area (Å²) in [6, 6.07) is 2.01. The zero-order valence-electron chi connectivity index (χ0n) is 10.2. The van der Waals surface area contributed by atoms with Crippen molar-refractivity contribution in [1.82, 2.24) is 10.2 Å². The third-order valence-corrected chi connectivity index (χ3v) is 3.04. The first-order chi connectivity index (χ1) is 8.06. The summed E-state index contributed by atoms with van der Waals surface area (Å²) in [5.41, 5.74) is 0. The summed E-state index contributed by atoms with van der Waals surface area (Å²) in [5.74, 6) is 0.0688. The number of ether oxygens (including phenoxy) is 1. The first-order valence-corrected chi connectivity index (χ1v) is 5.68. The molecule has 0 aliphatic carbocycles. The lowest BCUT2D eigenvalue weighted by Gasteiger charge is -2.37. The molecule has 6 heteroatoms. The van der Waals surface area contributed by atoms with E-state index in [9.17, 15) is 9.90 Å². The van der Waals surface area contributed by atoms with Gasteiger partial charge in [-0.2, -0.15) is 5.26 Å². The molecule has 1 aliphatic rings. The smallest absolute Gasteiger partial charge is 0.407 e. The van der Waals surface area contributed by atoms with Crippen LogP contribution in [0.5, 0.6) is 0 Å². The number of hydrogen-bond acceptors (Lipinski definition) is 5. The van der Waals surface area contributed by atoms with E-state index in [0.29, 0.717) is 26.1 Å². The fourth-order valence-electron chi connectivity index (χ4n) is 2.14. The molecule has 0 aromatic rings. The van der Waals surface area contributed by atoms with Crippen molar-refractivity contribution in [2.75, 3.05) is 26.7 Å². The number of piperidine rings is 1. The number of carbonyl (C=O) groups excluding carboxylic acids is 1. The monoisotopic (exact) mass is 241 g/mol. The van der Waals surface area contributed by atoms with Crippen LogP contribution < -0.4 is 5.32 Å². The molecule has 0 spiro atoms. The van der Waals surface area contributed by atoms with Gasteiger partial charge in [-0.3, -0.25) is 4.90 Å². The van der Waals surface area contributed by atoms with Crippen LogP contribution in [0.4, 0.5) is 4.79 Å². The fraction of sp³-hybridized carbons (Fsp3) is 0.818. The van der Waals surface area contributed by atoms with Crippen LogP contribution in [0.2, 0.25) is 0 Å². The molecule has 96 valence electrons. The number of carbonyl (C=O) groups is 1. The second-order valence-electron chi connectivity index (χ2n) is 4.42. The maximum atomic E-state index is 11.1. The molecule has 1 fully saturated rings. The van der Waals surface area contributed by atoms with Gasteiger partial charge in [0.25, 0.3) is 0 Å². The van der Waals surface area contributed by atoms with E-state index in [4.69, 9.17) is 5.26 Å². The number of methoxy groups -OCH3 is 1. The largest absolute Gasteiger partial charge is 0.453 e. The number of hydrogen-bond donors (Lipinski definition) is 2. The lowest BCUT2D eigenvalue weighted by atomic mass is 9.90. The second kappa shape index (κ2) is 6.42. The standard InChI is InChI=1S/C11H19N3O3/c1-8(15)9-5-10(13-11(16)17-2)7-14(6-9)4-3-12/h8-10,15H,4-7H2,1-2H3,(H,13,16). The Bertz CT molecular complexity index is 301. The predicted molar refractivity (Wildman–Crippen MR) is 61.2 cm³/mol. The molecule has 0 radical (unpaired) electrons. The van der Waals surface area contributed by atoms with Crippen LogP contribution in [0.1, 0.15) is 13.3 Å². The quantitative estimate of drug-likeness (QED) is 0.676. The fourth-order valence-corrected chi connectivity index (χ4v) is 2.14. The molecular weight excluding hydrogens is 222 g/mol. The summed E-state index contributed by atoms with van der Waals surface area (Å²) in [4.78, 5) is 13.1. The van der Waals surface area contributed by atoms with Crippen LogP contribution in [-0.4, -0.2) is 55.0 Å². The Hall–Kier alpha value is -1.32. The van der Waals surface area contributed by atoms with Gasteiger partial charge in [0.1, 0.15) is 0 Å². The Morgan fingerprint density at radius 1 is 1.71 bits per heavy atom. The SMILES string of the molecule is COC(=O)NC1CC(C(C)O)CN(CC#N)C1. The average molecular weight is 241 g/mol. The summed E-state index contributed by atoms with van der Waals surface area (Å²) in [6.07, 6.45) is -0.217. The van der Waals surface area contributed by atoms with Crippen molar-refractivity contribution >= 4 is 6.09 Å². The maximum Gasteiger partial charge on any atom is 0.407 e. The summed E-state index contributed by atoms with van der Waals surface area (Å²) < 4.78 is 4.55. The number of rotatable bonds is 3. The number of aliphatic hydroxyl groups excluding tert-OH is 1. The van der Waals surface area contributed by atoms with Crippen molar-refractivity contribution in [3.8, 4) is 6.07 Å². The molecule has 3 atom stereocenters. The van der Waals surface area contributed by atoms with E-state index in [0.717, 1.165) is 0 Å². The van der Waals surface area contributed by atoms with Gasteiger partial charge in [0.2, 0.25) is 0 Å². The second-order valence-corrected chi connectivity index (χ2v) is 4.42. The molecular formula is C11H19N3O3. The zero-order valence-corrected chi connectivity index (χ0v) is 10.2. The third kappa shape index (κ3) is 4.21. The van der Waals surface area contributed by atoms with Crippen LogP contribution in [0.25, 0.3) is 0 Å². The Balaban J connectivity index is 2.58. The molecule has 0 bridgehead atoms. The van der Waals surface area contributed by atoms with Crippen LogP contribution in [-0.2, 0) is 4.74 Å². The Labute approximate surface area is 101 Å². The molecule has 1 amide bonds. The zero-order chi connectivity index (χ0) is 12.8. The van der Waals surface area contributed by atoms with Crippen molar-refractivity contribution in [1.29, 1.82) is 5.26 Å². The number of aliphatic hydroxyl groups is 1. The highest BCUT2D eigenvalue weighted by molar-refractivity contribution is 5.67. The molecule has 0 saturated carbocycles. The lowest BCUT2D eigenvalue weighted by Crippen LogP contribution is -2.52. The number of nitriles is 1. The van der Waals surface area contributed by atoms with Gasteiger partial charge in [0.15, 0.2) is 0 Å². The van der Waals surface area contributed by atoms with Gasteiger partial charge in [0.05, 0.1) is 25.8 Å². The van der Waals surface area contributed by atoms with Gasteiger partial charge in [-0.15, -0.1) is 0 Å². The minimum atomic E-state index is -0.474. The van der Waals surface area contributed by atoms with Gasteiger partial charge in [-0.25, -0.2) is 4.79 Å². The molecule has 1 aliphatic heterocycles. The van der Waals surface area contributed by atoms with Crippen molar-refractivity contribution < 1.29 is 14.6 Å². The van der Waals surface area contributed by atoms with E-state index in [2.05, 4.69) is 16.1 Å². The molecule has 0 aromatic heterocycles. The summed E-state index contributed by atoms with van der Waals surface area (Å²) >= 11 is 0. The molecule has 0 aromatic carbocycles. The molecule has 2 N–H and O–H groups in total. The average Bonchev–Trinajstić information content (AvgIpc) is 2.29. The number of alkyl carbamates (subject to hydrolysis) is 1. The van der Waals surface area contributed by atoms with Crippen LogP contribution in [0, 0.1) is 17.2 Å². The van der Waals surface area contributed by atoms with E-state index < -0.39 is 12.2 Å². The van der Waals surface area contributed by atoms with Gasteiger partial charge in [-0.1, -0.05) is 0 Å². The molecule has 1 saturated heterocycles. The minimum absolute atomic E-state index is 0.0688. The van der Waals surface area contributed by atoms with Crippen molar-refractivity contribution in [2.24, 2.45) is 5.92 Å². The normalized spacial score (nSPS) is 26.9. The summed E-state index contributed by atoms with van der Waals surface area (Å²) in [7, 11) is 1.32. The van der Waals surface area contributed by atoms with Gasteiger partial charge >= 0.3 is 6.09 Å². The first kappa shape index (κ1) is 13.7. The third-order valence-electron chi connectivity index (χ3n) is 3.04. The number of nitrogens with one attached hydrogen (secondary N) is 1. The predicted octanol–water partition coefficient (Wildman–Crippen LogP) is -0.0627. The van der Waals surface area contributed by atoms with E-state index >= 15 is 0 Å². The maximum absolute atomic E-state index is 11.1. The highest BCUT2D eigenvalue weighted by atomic mass is 16.5. The van der Waals surface area contributed by atoms with Crippen molar-refractivity contribution in [3.63, 3.8) is 0 Å². The number of nitrogens with zero attached hydrogens (tertiary/aromatic N) is 2. The van der Waals surface area contributed by atoms with E-state index in [-0.39, 0.29) is 12.0 Å². The summed E-state index contributed by atoms with van der Waals surface area (Å²) in [6.45, 7) is 3.34. The van der Waals surface area contributed by atoms with Crippen molar-refractivity contribution in [2.45, 2.75) is 25.5 Å².